The fourth-order valence-corrected chi connectivity index (χ4v) is 4.88. The summed E-state index contributed by atoms with van der Waals surface area (Å²) in [4.78, 5) is 52.3. The van der Waals surface area contributed by atoms with Crippen molar-refractivity contribution < 1.29 is 14.3 Å². The van der Waals surface area contributed by atoms with E-state index in [1.807, 2.05) is 13.1 Å². The Bertz CT molecular complexity index is 1630. The zero-order valence-corrected chi connectivity index (χ0v) is 25.4. The fourth-order valence-electron chi connectivity index (χ4n) is 4.31. The molecule has 0 saturated carbocycles. The molecule has 3 rings (SSSR count). The van der Waals surface area contributed by atoms with Crippen molar-refractivity contribution in [1.29, 1.82) is 0 Å². The summed E-state index contributed by atoms with van der Waals surface area (Å²) in [6.45, 7) is 7.41. The van der Waals surface area contributed by atoms with Crippen molar-refractivity contribution in [3.63, 3.8) is 0 Å². The van der Waals surface area contributed by atoms with Gasteiger partial charge in [-0.1, -0.05) is 47.0 Å². The number of benzene rings is 2. The number of carbonyl (C=O) groups is 2. The van der Waals surface area contributed by atoms with Gasteiger partial charge < -0.3 is 15.4 Å². The van der Waals surface area contributed by atoms with E-state index >= 15 is 0 Å². The maximum atomic E-state index is 13.4. The van der Waals surface area contributed by atoms with Crippen LogP contribution in [0.5, 0.6) is 0 Å². The quantitative estimate of drug-likeness (QED) is 0.258. The second-order valence-electron chi connectivity index (χ2n) is 10.00. The molecule has 0 aliphatic heterocycles. The maximum absolute atomic E-state index is 13.4. The van der Waals surface area contributed by atoms with Gasteiger partial charge in [0.15, 0.2) is 0 Å². The van der Waals surface area contributed by atoms with Crippen LogP contribution in [0.25, 0.3) is 16.6 Å². The maximum Gasteiger partial charge on any atom is 0.335 e. The van der Waals surface area contributed by atoms with E-state index in [0.717, 1.165) is 10.1 Å². The molecule has 0 aliphatic rings. The molecule has 2 N–H and O–H groups in total. The number of halogens is 2. The van der Waals surface area contributed by atoms with Gasteiger partial charge in [0.05, 0.1) is 32.6 Å². The van der Waals surface area contributed by atoms with E-state index in [1.54, 1.807) is 65.1 Å². The Morgan fingerprint density at radius 1 is 1.05 bits per heavy atom. The molecule has 9 nitrogen and oxygen atoms in total. The van der Waals surface area contributed by atoms with Crippen LogP contribution in [0.2, 0.25) is 10.0 Å². The lowest BCUT2D eigenvalue weighted by molar-refractivity contribution is -0.149. The summed E-state index contributed by atoms with van der Waals surface area (Å²) in [5, 5.41) is 6.45. The van der Waals surface area contributed by atoms with Crippen molar-refractivity contribution in [2.75, 3.05) is 7.05 Å². The van der Waals surface area contributed by atoms with Gasteiger partial charge in [0.1, 0.15) is 6.04 Å². The Labute approximate surface area is 248 Å². The summed E-state index contributed by atoms with van der Waals surface area (Å²) < 4.78 is 7.91. The van der Waals surface area contributed by atoms with Crippen LogP contribution < -0.4 is 21.9 Å². The van der Waals surface area contributed by atoms with E-state index in [2.05, 4.69) is 10.6 Å². The van der Waals surface area contributed by atoms with Crippen LogP contribution in [0.4, 0.5) is 0 Å². The summed E-state index contributed by atoms with van der Waals surface area (Å²) in [6.07, 6.45) is 3.01. The highest BCUT2D eigenvalue weighted by molar-refractivity contribution is 6.39. The van der Waals surface area contributed by atoms with Gasteiger partial charge in [0.2, 0.25) is 0 Å². The third-order valence-corrected chi connectivity index (χ3v) is 6.96. The Morgan fingerprint density at radius 3 is 2.32 bits per heavy atom. The molecule has 41 heavy (non-hydrogen) atoms. The smallest absolute Gasteiger partial charge is 0.335 e. The SMILES string of the molecule is CNCc1ccc2c(c1)c(=O)n(/C(C)=C/C=C(\C)C[C@H](NC(=O)c1c(Cl)cccc1Cl)C(=O)OC(C)C)c(=O)n2C. The number of nitrogens with one attached hydrogen (secondary N) is 2. The molecule has 218 valence electrons. The van der Waals surface area contributed by atoms with E-state index in [-0.39, 0.29) is 22.0 Å². The highest BCUT2D eigenvalue weighted by Crippen LogP contribution is 2.24. The molecule has 3 aromatic rings. The van der Waals surface area contributed by atoms with E-state index < -0.39 is 35.3 Å². The van der Waals surface area contributed by atoms with Crippen molar-refractivity contribution in [3.05, 3.63) is 96.1 Å². The van der Waals surface area contributed by atoms with Crippen LogP contribution in [0.1, 0.15) is 50.0 Å². The number of hydrogen-bond acceptors (Lipinski definition) is 6. The molecular formula is C30H34Cl2N4O5. The van der Waals surface area contributed by atoms with Crippen LogP contribution >= 0.6 is 23.2 Å². The summed E-state index contributed by atoms with van der Waals surface area (Å²) in [6, 6.07) is 9.05. The predicted molar refractivity (Wildman–Crippen MR) is 163 cm³/mol. The molecule has 2 aromatic carbocycles. The topological polar surface area (TPSA) is 111 Å². The molecule has 11 heteroatoms. The van der Waals surface area contributed by atoms with E-state index in [4.69, 9.17) is 27.9 Å². The Morgan fingerprint density at radius 2 is 1.71 bits per heavy atom. The molecule has 0 radical (unpaired) electrons. The number of nitrogens with zero attached hydrogens (tertiary/aromatic N) is 2. The number of ether oxygens (including phenoxy) is 1. The minimum atomic E-state index is -1.04. The Hall–Kier alpha value is -3.66. The van der Waals surface area contributed by atoms with Gasteiger partial charge >= 0.3 is 11.7 Å². The molecule has 0 bridgehead atoms. The number of fused-ring (bicyclic) bond motifs is 1. The third kappa shape index (κ3) is 7.55. The van der Waals surface area contributed by atoms with Crippen molar-refractivity contribution in [2.24, 2.45) is 7.05 Å². The first-order chi connectivity index (χ1) is 19.3. The lowest BCUT2D eigenvalue weighted by Crippen LogP contribution is -2.43. The largest absolute Gasteiger partial charge is 0.461 e. The van der Waals surface area contributed by atoms with Gasteiger partial charge in [-0.05, 0) is 77.1 Å². The number of esters is 1. The van der Waals surface area contributed by atoms with Crippen molar-refractivity contribution in [3.8, 4) is 0 Å². The molecule has 0 aliphatic carbocycles. The highest BCUT2D eigenvalue weighted by atomic mass is 35.5. The first kappa shape index (κ1) is 31.9. The first-order valence-corrected chi connectivity index (χ1v) is 13.8. The highest BCUT2D eigenvalue weighted by Gasteiger charge is 2.26. The number of aryl methyl sites for hydroxylation is 1. The van der Waals surface area contributed by atoms with Gasteiger partial charge in [-0.2, -0.15) is 0 Å². The Kier molecular flexibility index (Phi) is 10.7. The van der Waals surface area contributed by atoms with Gasteiger partial charge in [0, 0.05) is 19.3 Å². The second-order valence-corrected chi connectivity index (χ2v) is 10.8. The first-order valence-electron chi connectivity index (χ1n) is 13.0. The predicted octanol–water partition coefficient (Wildman–Crippen LogP) is 4.67. The van der Waals surface area contributed by atoms with Crippen molar-refractivity contribution in [2.45, 2.75) is 52.8 Å². The van der Waals surface area contributed by atoms with Gasteiger partial charge in [-0.25, -0.2) is 14.2 Å². The summed E-state index contributed by atoms with van der Waals surface area (Å²) >= 11 is 12.4. The van der Waals surface area contributed by atoms with E-state index in [9.17, 15) is 19.2 Å². The zero-order chi connectivity index (χ0) is 30.4. The molecule has 0 spiro atoms. The molecule has 0 unspecified atom stereocenters. The molecule has 1 atom stereocenters. The summed E-state index contributed by atoms with van der Waals surface area (Å²) in [5.74, 6) is -1.24. The van der Waals surface area contributed by atoms with Crippen molar-refractivity contribution >= 4 is 51.7 Å². The second kappa shape index (κ2) is 13.8. The summed E-state index contributed by atoms with van der Waals surface area (Å²) in [7, 11) is 3.43. The minimum absolute atomic E-state index is 0.0555. The van der Waals surface area contributed by atoms with Gasteiger partial charge in [-0.3, -0.25) is 14.2 Å². The normalized spacial score (nSPS) is 13.0. The number of amides is 1. The molecule has 0 saturated heterocycles. The Balaban J connectivity index is 1.94. The molecule has 1 aromatic heterocycles. The van der Waals surface area contributed by atoms with E-state index in [0.29, 0.717) is 28.7 Å². The lowest BCUT2D eigenvalue weighted by atomic mass is 10.1. The third-order valence-electron chi connectivity index (χ3n) is 6.33. The molecule has 1 amide bonds. The molecule has 0 fully saturated rings. The van der Waals surface area contributed by atoms with Gasteiger partial charge in [0.25, 0.3) is 11.5 Å². The average molecular weight is 602 g/mol. The number of aromatic nitrogens is 2. The number of rotatable bonds is 10. The van der Waals surface area contributed by atoms with Crippen LogP contribution in [-0.2, 0) is 23.1 Å². The van der Waals surface area contributed by atoms with Crippen molar-refractivity contribution in [1.82, 2.24) is 19.8 Å². The van der Waals surface area contributed by atoms with Crippen LogP contribution in [0, 0.1) is 0 Å². The molecule has 1 heterocycles. The summed E-state index contributed by atoms with van der Waals surface area (Å²) in [5.41, 5.74) is 1.68. The van der Waals surface area contributed by atoms with Crippen LogP contribution in [0.15, 0.2) is 63.7 Å². The monoisotopic (exact) mass is 600 g/mol. The van der Waals surface area contributed by atoms with Crippen LogP contribution in [0.3, 0.4) is 0 Å². The zero-order valence-electron chi connectivity index (χ0n) is 23.9. The average Bonchev–Trinajstić information content (AvgIpc) is 2.90. The van der Waals surface area contributed by atoms with Crippen LogP contribution in [-0.4, -0.2) is 40.2 Å². The fraction of sp³-hybridized carbons (Fsp3) is 0.333. The van der Waals surface area contributed by atoms with E-state index in [1.165, 1.54) is 16.7 Å². The number of hydrogen-bond donors (Lipinski definition) is 2. The minimum Gasteiger partial charge on any atom is -0.461 e. The van der Waals surface area contributed by atoms with Gasteiger partial charge in [-0.15, -0.1) is 0 Å². The molecular weight excluding hydrogens is 567 g/mol. The number of allylic oxidation sites excluding steroid dienone is 3. The lowest BCUT2D eigenvalue weighted by Gasteiger charge is -2.20. The standard InChI is InChI=1S/C30H34Cl2N4O5/c1-17(2)41-29(39)24(34-27(37)26-22(31)8-7-9-23(26)32)14-18(3)10-11-19(4)36-28(38)21-15-20(16-33-5)12-13-25(21)35(6)30(36)40/h7-13,15,17,24,33H,14,16H2,1-6H3,(H,34,37)/b18-10+,19-11+/t24-/m0/s1. The number of carbonyl (C=O) groups excluding carboxylic acids is 2.